The minimum atomic E-state index is -4.37. The number of sulfonamides is 1. The number of hydrogen-bond donors (Lipinski definition) is 1. The van der Waals surface area contributed by atoms with Crippen LogP contribution in [0.25, 0.3) is 16.5 Å². The fraction of sp³-hybridized carbons (Fsp3) is 0.436. The second kappa shape index (κ2) is 18.7. The second-order valence-electron chi connectivity index (χ2n) is 13.0. The summed E-state index contributed by atoms with van der Waals surface area (Å²) in [6, 6.07) is 14.0. The summed E-state index contributed by atoms with van der Waals surface area (Å²) >= 11 is 6.69. The largest absolute Gasteiger partial charge is 0.492 e. The van der Waals surface area contributed by atoms with Crippen LogP contribution >= 0.6 is 11.6 Å². The fourth-order valence-corrected chi connectivity index (χ4v) is 7.32. The molecule has 1 aliphatic heterocycles. The molecular formula is C39H48ClN5O8S. The molecule has 54 heavy (non-hydrogen) atoms. The second-order valence-corrected chi connectivity index (χ2v) is 15.0. The summed E-state index contributed by atoms with van der Waals surface area (Å²) in [5, 5.41) is 6.03. The van der Waals surface area contributed by atoms with E-state index in [2.05, 4.69) is 28.6 Å². The Balaban J connectivity index is 1.40. The Kier molecular flexibility index (Phi) is 14.1. The van der Waals surface area contributed by atoms with Crippen molar-refractivity contribution in [2.24, 2.45) is 0 Å². The minimum absolute atomic E-state index is 0.0381. The molecule has 0 atom stereocenters. The molecule has 4 aromatic rings. The standard InChI is InChI=1S/C39H48ClN5O8S/c1-5-8-17-44(18-9-6-2)38(47)36-35(40)27(4)45(41-36)33-16-14-29(25-32(33)39(48)52-7-3)37(46)42-54(49,50)30-15-13-28-11-10-12-34(31(28)26-30)53-24-21-43-19-22-51-23-20-43/h10-16,25-26H,5-9,17-24H2,1-4H3,(H,42,46). The topological polar surface area (TPSA) is 149 Å². The van der Waals surface area contributed by atoms with Crippen LogP contribution in [0.2, 0.25) is 5.02 Å². The highest BCUT2D eigenvalue weighted by Gasteiger charge is 2.28. The Morgan fingerprint density at radius 2 is 1.70 bits per heavy atom. The van der Waals surface area contributed by atoms with Crippen LogP contribution in [0, 0.1) is 6.92 Å². The lowest BCUT2D eigenvalue weighted by atomic mass is 10.1. The maximum atomic E-state index is 13.6. The van der Waals surface area contributed by atoms with Gasteiger partial charge in [0.15, 0.2) is 5.69 Å². The van der Waals surface area contributed by atoms with Gasteiger partial charge in [0, 0.05) is 43.7 Å². The van der Waals surface area contributed by atoms with Gasteiger partial charge in [-0.25, -0.2) is 22.6 Å². The molecule has 1 aromatic heterocycles. The quantitative estimate of drug-likeness (QED) is 0.126. The first-order valence-corrected chi connectivity index (χ1v) is 20.2. The van der Waals surface area contributed by atoms with Gasteiger partial charge < -0.3 is 19.1 Å². The maximum Gasteiger partial charge on any atom is 0.340 e. The molecule has 0 saturated carbocycles. The molecule has 0 aliphatic carbocycles. The van der Waals surface area contributed by atoms with Crippen molar-refractivity contribution in [1.82, 2.24) is 24.3 Å². The van der Waals surface area contributed by atoms with Crippen LogP contribution in [-0.2, 0) is 19.5 Å². The first-order valence-electron chi connectivity index (χ1n) is 18.4. The van der Waals surface area contributed by atoms with Gasteiger partial charge in [-0.2, -0.15) is 5.10 Å². The highest BCUT2D eigenvalue weighted by molar-refractivity contribution is 7.90. The van der Waals surface area contributed by atoms with E-state index in [4.69, 9.17) is 25.8 Å². The van der Waals surface area contributed by atoms with Gasteiger partial charge in [0.05, 0.1) is 46.7 Å². The third-order valence-corrected chi connectivity index (χ3v) is 11.0. The Bertz CT molecular complexity index is 2070. The summed E-state index contributed by atoms with van der Waals surface area (Å²) in [6.07, 6.45) is 3.47. The fourth-order valence-electron chi connectivity index (χ4n) is 6.12. The number of rotatable bonds is 17. The Morgan fingerprint density at radius 3 is 2.39 bits per heavy atom. The number of carbonyl (C=O) groups excluding carboxylic acids is 3. The monoisotopic (exact) mass is 781 g/mol. The van der Waals surface area contributed by atoms with E-state index in [9.17, 15) is 22.8 Å². The SMILES string of the molecule is CCCCN(CCCC)C(=O)c1nn(-c2ccc(C(=O)NS(=O)(=O)c3ccc4cccc(OCCN5CCOCC5)c4c3)cc2C(=O)OCC)c(C)c1Cl. The van der Waals surface area contributed by atoms with Gasteiger partial charge in [-0.3, -0.25) is 14.5 Å². The number of nitrogens with one attached hydrogen (secondary N) is 1. The average Bonchev–Trinajstić information content (AvgIpc) is 3.47. The number of nitrogens with zero attached hydrogens (tertiary/aromatic N) is 4. The van der Waals surface area contributed by atoms with Crippen LogP contribution in [0.5, 0.6) is 5.75 Å². The number of aromatic nitrogens is 2. The van der Waals surface area contributed by atoms with Crippen LogP contribution in [0.4, 0.5) is 0 Å². The van der Waals surface area contributed by atoms with Crippen LogP contribution in [-0.4, -0.2) is 105 Å². The van der Waals surface area contributed by atoms with Crippen molar-refractivity contribution < 1.29 is 37.0 Å². The highest BCUT2D eigenvalue weighted by atomic mass is 35.5. The minimum Gasteiger partial charge on any atom is -0.492 e. The first-order chi connectivity index (χ1) is 26.0. The Hall–Kier alpha value is -4.50. The molecule has 0 bridgehead atoms. The molecule has 15 heteroatoms. The van der Waals surface area contributed by atoms with Gasteiger partial charge in [0.25, 0.3) is 21.8 Å². The zero-order chi connectivity index (χ0) is 38.8. The number of esters is 1. The lowest BCUT2D eigenvalue weighted by Crippen LogP contribution is -2.38. The van der Waals surface area contributed by atoms with E-state index in [1.54, 1.807) is 30.9 Å². The highest BCUT2D eigenvalue weighted by Crippen LogP contribution is 2.30. The van der Waals surface area contributed by atoms with E-state index < -0.39 is 21.9 Å². The molecule has 1 saturated heterocycles. The average molecular weight is 782 g/mol. The van der Waals surface area contributed by atoms with Crippen LogP contribution in [0.1, 0.15) is 83.4 Å². The lowest BCUT2D eigenvalue weighted by molar-refractivity contribution is 0.0323. The van der Waals surface area contributed by atoms with Crippen LogP contribution in [0.3, 0.4) is 0 Å². The van der Waals surface area contributed by atoms with Crippen LogP contribution in [0.15, 0.2) is 59.5 Å². The molecule has 2 amide bonds. The number of ether oxygens (including phenoxy) is 3. The molecule has 13 nitrogen and oxygen atoms in total. The zero-order valence-electron chi connectivity index (χ0n) is 31.2. The van der Waals surface area contributed by atoms with E-state index in [0.29, 0.717) is 56.3 Å². The predicted octanol–water partition coefficient (Wildman–Crippen LogP) is 6.04. The number of halogens is 1. The smallest absolute Gasteiger partial charge is 0.340 e. The van der Waals surface area contributed by atoms with E-state index in [1.165, 1.54) is 35.0 Å². The van der Waals surface area contributed by atoms with Gasteiger partial charge in [-0.15, -0.1) is 0 Å². The molecular weight excluding hydrogens is 734 g/mol. The Morgan fingerprint density at radius 1 is 0.981 bits per heavy atom. The maximum absolute atomic E-state index is 13.6. The molecule has 1 aliphatic rings. The molecule has 1 fully saturated rings. The van der Waals surface area contributed by atoms with Crippen LogP contribution < -0.4 is 9.46 Å². The molecule has 0 unspecified atom stereocenters. The molecule has 0 radical (unpaired) electrons. The summed E-state index contributed by atoms with van der Waals surface area (Å²) in [4.78, 5) is 44.3. The van der Waals surface area contributed by atoms with Gasteiger partial charge in [-0.05, 0) is 68.5 Å². The molecule has 0 spiro atoms. The van der Waals surface area contributed by atoms with Crippen molar-refractivity contribution in [2.75, 3.05) is 59.2 Å². The number of amides is 2. The predicted molar refractivity (Wildman–Crippen MR) is 206 cm³/mol. The number of carbonyl (C=O) groups is 3. The molecule has 3 aromatic carbocycles. The first kappa shape index (κ1) is 40.7. The zero-order valence-corrected chi connectivity index (χ0v) is 32.8. The van der Waals surface area contributed by atoms with E-state index in [0.717, 1.165) is 44.2 Å². The third-order valence-electron chi connectivity index (χ3n) is 9.20. The van der Waals surface area contributed by atoms with Crippen molar-refractivity contribution >= 4 is 50.2 Å². The summed E-state index contributed by atoms with van der Waals surface area (Å²) in [7, 11) is -4.37. The van der Waals surface area contributed by atoms with Crippen molar-refractivity contribution in [1.29, 1.82) is 0 Å². The number of fused-ring (bicyclic) bond motifs is 1. The van der Waals surface area contributed by atoms with Gasteiger partial charge in [0.1, 0.15) is 12.4 Å². The van der Waals surface area contributed by atoms with Crippen molar-refractivity contribution in [2.45, 2.75) is 58.3 Å². The molecule has 2 heterocycles. The summed E-state index contributed by atoms with van der Waals surface area (Å²) < 4.78 is 47.5. The van der Waals surface area contributed by atoms with Gasteiger partial charge in [-0.1, -0.05) is 56.5 Å². The third kappa shape index (κ3) is 9.59. The number of benzene rings is 3. The molecule has 290 valence electrons. The van der Waals surface area contributed by atoms with Crippen molar-refractivity contribution in [3.05, 3.63) is 82.1 Å². The van der Waals surface area contributed by atoms with E-state index in [-0.39, 0.29) is 44.9 Å². The number of morpholine rings is 1. The number of unbranched alkanes of at least 4 members (excludes halogenated alkanes) is 2. The number of hydrogen-bond acceptors (Lipinski definition) is 10. The molecule has 5 rings (SSSR count). The van der Waals surface area contributed by atoms with Gasteiger partial charge >= 0.3 is 5.97 Å². The van der Waals surface area contributed by atoms with Crippen molar-refractivity contribution in [3.8, 4) is 11.4 Å². The van der Waals surface area contributed by atoms with Crippen molar-refractivity contribution in [3.63, 3.8) is 0 Å². The normalized spacial score (nSPS) is 13.5. The van der Waals surface area contributed by atoms with E-state index in [1.807, 2.05) is 12.1 Å². The summed E-state index contributed by atoms with van der Waals surface area (Å²) in [5.41, 5.74) is 0.468. The Labute approximate surface area is 321 Å². The molecule has 1 N–H and O–H groups in total. The van der Waals surface area contributed by atoms with Gasteiger partial charge in [0.2, 0.25) is 0 Å². The van der Waals surface area contributed by atoms with E-state index >= 15 is 0 Å². The lowest BCUT2D eigenvalue weighted by Gasteiger charge is -2.26. The summed E-state index contributed by atoms with van der Waals surface area (Å²) in [6.45, 7) is 12.7. The summed E-state index contributed by atoms with van der Waals surface area (Å²) in [5.74, 6) is -1.53.